The molecule has 0 aliphatic carbocycles. The Kier molecular flexibility index (Phi) is 5.20. The van der Waals surface area contributed by atoms with Crippen LogP contribution >= 0.6 is 0 Å². The fourth-order valence-corrected chi connectivity index (χ4v) is 2.34. The molecule has 0 radical (unpaired) electrons. The molecule has 0 atom stereocenters. The molecule has 0 saturated heterocycles. The Balaban J connectivity index is 2.57. The van der Waals surface area contributed by atoms with Crippen molar-refractivity contribution in [2.75, 3.05) is 0 Å². The van der Waals surface area contributed by atoms with Crippen LogP contribution in [0.1, 0.15) is 70.6 Å². The van der Waals surface area contributed by atoms with Gasteiger partial charge in [-0.1, -0.05) is 45.4 Å². The van der Waals surface area contributed by atoms with E-state index in [9.17, 15) is 0 Å². The third-order valence-electron chi connectivity index (χ3n) is 3.73. The molecule has 0 aromatic heterocycles. The Morgan fingerprint density at radius 3 is 2.11 bits per heavy atom. The number of unbranched alkanes of at least 4 members (excludes halogenated alkanes) is 1. The average Bonchev–Trinajstić information content (AvgIpc) is 2.23. The Morgan fingerprint density at radius 2 is 1.63 bits per heavy atom. The zero-order valence-corrected chi connectivity index (χ0v) is 13.6. The van der Waals surface area contributed by atoms with Gasteiger partial charge in [0.25, 0.3) is 0 Å². The van der Waals surface area contributed by atoms with Gasteiger partial charge in [0.2, 0.25) is 0 Å². The van der Waals surface area contributed by atoms with Crippen LogP contribution in [0.5, 0.6) is 0 Å². The summed E-state index contributed by atoms with van der Waals surface area (Å²) in [6.45, 7) is 13.3. The van der Waals surface area contributed by atoms with E-state index in [2.05, 4.69) is 59.7 Å². The number of aryl methyl sites for hydroxylation is 2. The van der Waals surface area contributed by atoms with E-state index in [0.29, 0.717) is 0 Å². The standard InChI is InChI=1S/C18H31N/c1-14-13-16(17(2,3)4)11-10-15(14)9-7-8-12-18(5,6)19/h10-11,13H,7-9,12,19H2,1-6H3. The van der Waals surface area contributed by atoms with Crippen LogP contribution in [0.2, 0.25) is 0 Å². The van der Waals surface area contributed by atoms with Crippen LogP contribution in [-0.4, -0.2) is 5.54 Å². The van der Waals surface area contributed by atoms with Crippen LogP contribution in [0, 0.1) is 6.92 Å². The lowest BCUT2D eigenvalue weighted by Gasteiger charge is -2.21. The summed E-state index contributed by atoms with van der Waals surface area (Å²) in [6, 6.07) is 6.95. The summed E-state index contributed by atoms with van der Waals surface area (Å²) in [5.74, 6) is 0. The molecule has 0 unspecified atom stereocenters. The molecule has 2 N–H and O–H groups in total. The second kappa shape index (κ2) is 6.09. The lowest BCUT2D eigenvalue weighted by molar-refractivity contribution is 0.450. The number of hydrogen-bond acceptors (Lipinski definition) is 1. The van der Waals surface area contributed by atoms with Crippen molar-refractivity contribution in [2.24, 2.45) is 5.73 Å². The Bertz CT molecular complexity index is 405. The van der Waals surface area contributed by atoms with Gasteiger partial charge in [0.1, 0.15) is 0 Å². The first kappa shape index (κ1) is 16.2. The van der Waals surface area contributed by atoms with Gasteiger partial charge in [-0.3, -0.25) is 0 Å². The van der Waals surface area contributed by atoms with E-state index in [0.717, 1.165) is 6.42 Å². The monoisotopic (exact) mass is 261 g/mol. The minimum Gasteiger partial charge on any atom is -0.326 e. The summed E-state index contributed by atoms with van der Waals surface area (Å²) in [7, 11) is 0. The highest BCUT2D eigenvalue weighted by Crippen LogP contribution is 2.25. The van der Waals surface area contributed by atoms with Gasteiger partial charge in [-0.2, -0.15) is 0 Å². The third kappa shape index (κ3) is 5.78. The van der Waals surface area contributed by atoms with E-state index in [1.54, 1.807) is 0 Å². The molecule has 0 fully saturated rings. The predicted molar refractivity (Wildman–Crippen MR) is 85.7 cm³/mol. The van der Waals surface area contributed by atoms with Crippen molar-refractivity contribution in [1.29, 1.82) is 0 Å². The van der Waals surface area contributed by atoms with Crippen molar-refractivity contribution in [3.8, 4) is 0 Å². The van der Waals surface area contributed by atoms with Gasteiger partial charge in [0.05, 0.1) is 0 Å². The lowest BCUT2D eigenvalue weighted by atomic mass is 9.85. The van der Waals surface area contributed by atoms with Gasteiger partial charge < -0.3 is 5.73 Å². The van der Waals surface area contributed by atoms with E-state index in [1.165, 1.54) is 36.0 Å². The highest BCUT2D eigenvalue weighted by molar-refractivity contribution is 5.34. The van der Waals surface area contributed by atoms with Crippen molar-refractivity contribution >= 4 is 0 Å². The average molecular weight is 261 g/mol. The molecule has 0 saturated carbocycles. The van der Waals surface area contributed by atoms with Gasteiger partial charge in [-0.25, -0.2) is 0 Å². The minimum absolute atomic E-state index is 0.0227. The summed E-state index contributed by atoms with van der Waals surface area (Å²) in [5, 5.41) is 0. The fraction of sp³-hybridized carbons (Fsp3) is 0.667. The molecule has 19 heavy (non-hydrogen) atoms. The SMILES string of the molecule is Cc1cc(C(C)(C)C)ccc1CCCCC(C)(C)N. The lowest BCUT2D eigenvalue weighted by Crippen LogP contribution is -2.31. The van der Waals surface area contributed by atoms with Gasteiger partial charge in [-0.15, -0.1) is 0 Å². The molecule has 0 aliphatic heterocycles. The zero-order chi connectivity index (χ0) is 14.7. The summed E-state index contributed by atoms with van der Waals surface area (Å²) in [5.41, 5.74) is 10.6. The number of rotatable bonds is 5. The molecule has 1 heteroatoms. The van der Waals surface area contributed by atoms with Crippen LogP contribution in [-0.2, 0) is 11.8 Å². The maximum absolute atomic E-state index is 6.01. The van der Waals surface area contributed by atoms with Gasteiger partial charge in [-0.05, 0) is 62.1 Å². The van der Waals surface area contributed by atoms with Gasteiger partial charge in [0, 0.05) is 5.54 Å². The molecule has 0 bridgehead atoms. The molecule has 1 aromatic rings. The Hall–Kier alpha value is -0.820. The third-order valence-corrected chi connectivity index (χ3v) is 3.73. The first-order valence-corrected chi connectivity index (χ1v) is 7.48. The van der Waals surface area contributed by atoms with Crippen molar-refractivity contribution < 1.29 is 0 Å². The maximum atomic E-state index is 6.01. The van der Waals surface area contributed by atoms with E-state index >= 15 is 0 Å². The van der Waals surface area contributed by atoms with E-state index < -0.39 is 0 Å². The summed E-state index contributed by atoms with van der Waals surface area (Å²) < 4.78 is 0. The predicted octanol–water partition coefficient (Wildman–Crippen LogP) is 4.74. The first-order valence-electron chi connectivity index (χ1n) is 7.48. The molecule has 0 amide bonds. The van der Waals surface area contributed by atoms with Crippen molar-refractivity contribution in [1.82, 2.24) is 0 Å². The number of hydrogen-bond donors (Lipinski definition) is 1. The van der Waals surface area contributed by atoms with Crippen molar-refractivity contribution in [3.63, 3.8) is 0 Å². The molecule has 0 aliphatic rings. The molecule has 0 spiro atoms. The summed E-state index contributed by atoms with van der Waals surface area (Å²) in [6.07, 6.45) is 4.72. The van der Waals surface area contributed by atoms with Crippen molar-refractivity contribution in [2.45, 2.75) is 78.2 Å². The van der Waals surface area contributed by atoms with E-state index in [-0.39, 0.29) is 11.0 Å². The Morgan fingerprint density at radius 1 is 1.00 bits per heavy atom. The quantitative estimate of drug-likeness (QED) is 0.761. The van der Waals surface area contributed by atoms with Gasteiger partial charge >= 0.3 is 0 Å². The van der Waals surface area contributed by atoms with Crippen LogP contribution in [0.15, 0.2) is 18.2 Å². The van der Waals surface area contributed by atoms with E-state index in [4.69, 9.17) is 5.73 Å². The first-order chi connectivity index (χ1) is 8.59. The van der Waals surface area contributed by atoms with Crippen LogP contribution in [0.25, 0.3) is 0 Å². The fourth-order valence-electron chi connectivity index (χ4n) is 2.34. The highest BCUT2D eigenvalue weighted by Gasteiger charge is 2.14. The molecule has 1 aromatic carbocycles. The molecule has 1 rings (SSSR count). The number of nitrogens with two attached hydrogens (primary N) is 1. The van der Waals surface area contributed by atoms with Crippen LogP contribution in [0.3, 0.4) is 0 Å². The molecule has 1 nitrogen and oxygen atoms in total. The van der Waals surface area contributed by atoms with E-state index in [1.807, 2.05) is 0 Å². The topological polar surface area (TPSA) is 26.0 Å². The molecule has 108 valence electrons. The molecular formula is C18H31N. The second-order valence-corrected chi connectivity index (χ2v) is 7.59. The number of benzene rings is 1. The van der Waals surface area contributed by atoms with Crippen molar-refractivity contribution in [3.05, 3.63) is 34.9 Å². The Labute approximate surface area is 119 Å². The maximum Gasteiger partial charge on any atom is 0.00970 e. The largest absolute Gasteiger partial charge is 0.326 e. The summed E-state index contributed by atoms with van der Waals surface area (Å²) >= 11 is 0. The normalized spacial score (nSPS) is 12.8. The van der Waals surface area contributed by atoms with Crippen LogP contribution in [0.4, 0.5) is 0 Å². The van der Waals surface area contributed by atoms with Crippen LogP contribution < -0.4 is 5.73 Å². The second-order valence-electron chi connectivity index (χ2n) is 7.59. The minimum atomic E-state index is -0.0227. The summed E-state index contributed by atoms with van der Waals surface area (Å²) in [4.78, 5) is 0. The molecular weight excluding hydrogens is 230 g/mol. The molecule has 0 heterocycles. The zero-order valence-electron chi connectivity index (χ0n) is 13.6. The van der Waals surface area contributed by atoms with Gasteiger partial charge in [0.15, 0.2) is 0 Å². The smallest absolute Gasteiger partial charge is 0.00970 e. The highest BCUT2D eigenvalue weighted by atomic mass is 14.7.